The van der Waals surface area contributed by atoms with Crippen molar-refractivity contribution >= 4 is 11.8 Å². The molecule has 1 aromatic carbocycles. The van der Waals surface area contributed by atoms with E-state index in [1.165, 1.54) is 4.90 Å². The van der Waals surface area contributed by atoms with E-state index < -0.39 is 0 Å². The van der Waals surface area contributed by atoms with E-state index >= 15 is 0 Å². The van der Waals surface area contributed by atoms with E-state index in [2.05, 4.69) is 17.2 Å². The van der Waals surface area contributed by atoms with Gasteiger partial charge in [-0.2, -0.15) is 0 Å². The van der Waals surface area contributed by atoms with E-state index in [0.717, 1.165) is 5.56 Å². The highest BCUT2D eigenvalue weighted by Crippen LogP contribution is 2.10. The van der Waals surface area contributed by atoms with Crippen LogP contribution in [0, 0.1) is 18.8 Å². The van der Waals surface area contributed by atoms with Crippen LogP contribution in [0.3, 0.4) is 0 Å². The quantitative estimate of drug-likeness (QED) is 0.771. The van der Waals surface area contributed by atoms with Crippen molar-refractivity contribution in [1.82, 2.24) is 10.2 Å². The number of hydrogen-bond donors (Lipinski definition) is 2. The Labute approximate surface area is 118 Å². The minimum atomic E-state index is -0.314. The van der Waals surface area contributed by atoms with Gasteiger partial charge in [0.2, 0.25) is 5.91 Å². The van der Waals surface area contributed by atoms with Crippen molar-refractivity contribution in [2.24, 2.45) is 0 Å². The van der Waals surface area contributed by atoms with Crippen molar-refractivity contribution in [1.29, 1.82) is 0 Å². The van der Waals surface area contributed by atoms with E-state index in [0.29, 0.717) is 11.1 Å². The molecule has 2 amide bonds. The summed E-state index contributed by atoms with van der Waals surface area (Å²) >= 11 is 0. The lowest BCUT2D eigenvalue weighted by atomic mass is 10.0. The lowest BCUT2D eigenvalue weighted by molar-refractivity contribution is -0.127. The predicted molar refractivity (Wildman–Crippen MR) is 76.2 cm³/mol. The molecule has 106 valence electrons. The first-order valence-corrected chi connectivity index (χ1v) is 6.14. The van der Waals surface area contributed by atoms with Crippen LogP contribution >= 0.6 is 0 Å². The minimum absolute atomic E-state index is 0.0438. The molecular formula is C15H18N2O3. The number of amides is 2. The number of carbonyl (C=O) groups is 2. The smallest absolute Gasteiger partial charge is 0.252 e. The fourth-order valence-corrected chi connectivity index (χ4v) is 1.50. The lowest BCUT2D eigenvalue weighted by Gasteiger charge is -2.12. The molecule has 20 heavy (non-hydrogen) atoms. The summed E-state index contributed by atoms with van der Waals surface area (Å²) in [6, 6.07) is 5.21. The summed E-state index contributed by atoms with van der Waals surface area (Å²) in [5.41, 5.74) is 1.92. The third-order valence-corrected chi connectivity index (χ3v) is 2.69. The summed E-state index contributed by atoms with van der Waals surface area (Å²) in [7, 11) is 3.26. The molecule has 5 nitrogen and oxygen atoms in total. The fraction of sp³-hybridized carbons (Fsp3) is 0.333. The van der Waals surface area contributed by atoms with Gasteiger partial charge in [-0.1, -0.05) is 17.9 Å². The SMILES string of the molecule is Cc1ccc(C#CCO)cc1C(=O)NCC(=O)N(C)C. The molecule has 0 atom stereocenters. The van der Waals surface area contributed by atoms with Gasteiger partial charge in [-0.05, 0) is 24.6 Å². The Morgan fingerprint density at radius 2 is 2.05 bits per heavy atom. The molecule has 0 saturated heterocycles. The molecule has 0 aliphatic heterocycles. The molecule has 1 rings (SSSR count). The monoisotopic (exact) mass is 274 g/mol. The van der Waals surface area contributed by atoms with Crippen LogP contribution in [0.5, 0.6) is 0 Å². The second-order valence-corrected chi connectivity index (χ2v) is 4.46. The highest BCUT2D eigenvalue weighted by atomic mass is 16.2. The first-order valence-electron chi connectivity index (χ1n) is 6.14. The lowest BCUT2D eigenvalue weighted by Crippen LogP contribution is -2.36. The predicted octanol–water partition coefficient (Wildman–Crippen LogP) is 0.157. The molecule has 0 unspecified atom stereocenters. The van der Waals surface area contributed by atoms with E-state index in [9.17, 15) is 9.59 Å². The van der Waals surface area contributed by atoms with Gasteiger partial charge >= 0.3 is 0 Å². The fourth-order valence-electron chi connectivity index (χ4n) is 1.50. The molecule has 0 aromatic heterocycles. The van der Waals surface area contributed by atoms with Crippen LogP contribution in [0.2, 0.25) is 0 Å². The van der Waals surface area contributed by atoms with Gasteiger partial charge in [0, 0.05) is 25.2 Å². The number of aliphatic hydroxyl groups is 1. The molecule has 0 saturated carbocycles. The Morgan fingerprint density at radius 3 is 2.65 bits per heavy atom. The number of likely N-dealkylation sites (N-methyl/N-ethyl adjacent to an activating group) is 1. The van der Waals surface area contributed by atoms with Crippen LogP contribution in [0.15, 0.2) is 18.2 Å². The summed E-state index contributed by atoms with van der Waals surface area (Å²) in [4.78, 5) is 24.9. The summed E-state index contributed by atoms with van der Waals surface area (Å²) in [5, 5.41) is 11.2. The maximum absolute atomic E-state index is 12.0. The summed E-state index contributed by atoms with van der Waals surface area (Å²) < 4.78 is 0. The zero-order valence-electron chi connectivity index (χ0n) is 11.9. The number of nitrogens with zero attached hydrogens (tertiary/aromatic N) is 1. The summed E-state index contributed by atoms with van der Waals surface area (Å²) in [5.74, 6) is 4.78. The molecule has 1 aromatic rings. The summed E-state index contributed by atoms with van der Waals surface area (Å²) in [6.07, 6.45) is 0. The van der Waals surface area contributed by atoms with Gasteiger partial charge < -0.3 is 15.3 Å². The molecule has 0 spiro atoms. The van der Waals surface area contributed by atoms with Crippen LogP contribution in [-0.4, -0.2) is 49.1 Å². The first-order chi connectivity index (χ1) is 9.45. The largest absolute Gasteiger partial charge is 0.384 e. The molecule has 0 aliphatic rings. The third-order valence-electron chi connectivity index (χ3n) is 2.69. The number of rotatable bonds is 3. The molecule has 0 heterocycles. The highest BCUT2D eigenvalue weighted by Gasteiger charge is 2.11. The second-order valence-electron chi connectivity index (χ2n) is 4.46. The van der Waals surface area contributed by atoms with Crippen LogP contribution in [0.4, 0.5) is 0 Å². The van der Waals surface area contributed by atoms with Crippen molar-refractivity contribution in [3.05, 3.63) is 34.9 Å². The topological polar surface area (TPSA) is 69.6 Å². The van der Waals surface area contributed by atoms with E-state index in [4.69, 9.17) is 5.11 Å². The molecular weight excluding hydrogens is 256 g/mol. The number of hydrogen-bond acceptors (Lipinski definition) is 3. The van der Waals surface area contributed by atoms with E-state index in [1.807, 2.05) is 6.92 Å². The minimum Gasteiger partial charge on any atom is -0.384 e. The maximum Gasteiger partial charge on any atom is 0.252 e. The number of aliphatic hydroxyl groups excluding tert-OH is 1. The number of benzene rings is 1. The highest BCUT2D eigenvalue weighted by molar-refractivity contribution is 5.97. The maximum atomic E-state index is 12.0. The van der Waals surface area contributed by atoms with Gasteiger partial charge in [0.1, 0.15) is 6.61 Å². The Bertz CT molecular complexity index is 568. The second kappa shape index (κ2) is 7.31. The summed E-state index contributed by atoms with van der Waals surface area (Å²) in [6.45, 7) is 1.54. The Balaban J connectivity index is 2.84. The van der Waals surface area contributed by atoms with Gasteiger partial charge in [0.25, 0.3) is 5.91 Å². The third kappa shape index (κ3) is 4.41. The van der Waals surface area contributed by atoms with Crippen molar-refractivity contribution in [3.8, 4) is 11.8 Å². The van der Waals surface area contributed by atoms with Crippen molar-refractivity contribution in [2.45, 2.75) is 6.92 Å². The molecule has 0 fully saturated rings. The Hall–Kier alpha value is -2.32. The van der Waals surface area contributed by atoms with Gasteiger partial charge in [-0.15, -0.1) is 0 Å². The molecule has 5 heteroatoms. The molecule has 0 aliphatic carbocycles. The zero-order chi connectivity index (χ0) is 15.1. The van der Waals surface area contributed by atoms with E-state index in [1.54, 1.807) is 32.3 Å². The van der Waals surface area contributed by atoms with Crippen molar-refractivity contribution in [3.63, 3.8) is 0 Å². The van der Waals surface area contributed by atoms with Gasteiger partial charge in [0.05, 0.1) is 6.54 Å². The molecule has 0 bridgehead atoms. The van der Waals surface area contributed by atoms with Crippen molar-refractivity contribution in [2.75, 3.05) is 27.2 Å². The van der Waals surface area contributed by atoms with Crippen LogP contribution in [0.25, 0.3) is 0 Å². The zero-order valence-corrected chi connectivity index (χ0v) is 11.9. The molecule has 2 N–H and O–H groups in total. The Morgan fingerprint density at radius 1 is 1.35 bits per heavy atom. The normalized spacial score (nSPS) is 9.40. The van der Waals surface area contributed by atoms with E-state index in [-0.39, 0.29) is 25.0 Å². The number of nitrogens with one attached hydrogen (secondary N) is 1. The van der Waals surface area contributed by atoms with Gasteiger partial charge in [-0.25, -0.2) is 0 Å². The average molecular weight is 274 g/mol. The van der Waals surface area contributed by atoms with Gasteiger partial charge in [0.15, 0.2) is 0 Å². The van der Waals surface area contributed by atoms with Crippen LogP contribution in [0.1, 0.15) is 21.5 Å². The Kier molecular flexibility index (Phi) is 5.75. The number of carbonyl (C=O) groups excluding carboxylic acids is 2. The van der Waals surface area contributed by atoms with Crippen molar-refractivity contribution < 1.29 is 14.7 Å². The average Bonchev–Trinajstić information content (AvgIpc) is 2.43. The van der Waals surface area contributed by atoms with Gasteiger partial charge in [-0.3, -0.25) is 9.59 Å². The first kappa shape index (κ1) is 15.7. The van der Waals surface area contributed by atoms with Crippen LogP contribution < -0.4 is 5.32 Å². The molecule has 0 radical (unpaired) electrons. The number of aryl methyl sites for hydroxylation is 1. The standard InChI is InChI=1S/C15H18N2O3/c1-11-6-7-12(5-4-8-18)9-13(11)15(20)16-10-14(19)17(2)3/h6-7,9,18H,8,10H2,1-3H3,(H,16,20). The van der Waals surface area contributed by atoms with Crippen LogP contribution in [-0.2, 0) is 4.79 Å².